The van der Waals surface area contributed by atoms with Crippen molar-refractivity contribution in [1.82, 2.24) is 0 Å². The molecule has 1 unspecified atom stereocenters. The molecular weight excluding hydrogens is 288 g/mol. The van der Waals surface area contributed by atoms with Gasteiger partial charge >= 0.3 is 0 Å². The highest BCUT2D eigenvalue weighted by Crippen LogP contribution is 2.45. The average molecular weight is 312 g/mol. The van der Waals surface area contributed by atoms with Crippen LogP contribution in [0.5, 0.6) is 0 Å². The molecule has 0 aromatic heterocycles. The van der Waals surface area contributed by atoms with Gasteiger partial charge < -0.3 is 0 Å². The van der Waals surface area contributed by atoms with Gasteiger partial charge in [-0.1, -0.05) is 85.3 Å². The van der Waals surface area contributed by atoms with E-state index in [-0.39, 0.29) is 5.41 Å². The van der Waals surface area contributed by atoms with Crippen molar-refractivity contribution in [1.29, 1.82) is 0 Å². The van der Waals surface area contributed by atoms with Gasteiger partial charge in [-0.05, 0) is 54.0 Å². The quantitative estimate of drug-likeness (QED) is 0.491. The topological polar surface area (TPSA) is 0 Å². The molecule has 4 rings (SSSR count). The number of allylic oxidation sites excluding steroid dienone is 6. The fraction of sp³-hybridized carbons (Fsp3) is 0.250. The molecule has 0 bridgehead atoms. The normalized spacial score (nSPS) is 17.7. The minimum atomic E-state index is -0.0209. The van der Waals surface area contributed by atoms with E-state index in [4.69, 9.17) is 0 Å². The highest BCUT2D eigenvalue weighted by Gasteiger charge is 2.33. The van der Waals surface area contributed by atoms with Gasteiger partial charge in [0.1, 0.15) is 0 Å². The summed E-state index contributed by atoms with van der Waals surface area (Å²) in [5.74, 6) is 0. The molecular formula is C24H24. The van der Waals surface area contributed by atoms with Crippen LogP contribution in [0.1, 0.15) is 43.4 Å². The summed E-state index contributed by atoms with van der Waals surface area (Å²) in [6.45, 7) is 4.60. The van der Waals surface area contributed by atoms with E-state index in [1.165, 1.54) is 33.4 Å². The predicted molar refractivity (Wildman–Crippen MR) is 103 cm³/mol. The lowest BCUT2D eigenvalue weighted by molar-refractivity contribution is 0.680. The number of fused-ring (bicyclic) bond motifs is 3. The Balaban J connectivity index is 1.88. The van der Waals surface area contributed by atoms with E-state index in [2.05, 4.69) is 86.7 Å². The SMILES string of the molecule is CC/C=C/C(C)(C1=CC=CC1)c1cccc2c1Cc1ccccc1-2. The number of rotatable bonds is 4. The predicted octanol–water partition coefficient (Wildman–Crippen LogP) is 6.37. The molecule has 2 aliphatic carbocycles. The molecule has 0 fully saturated rings. The van der Waals surface area contributed by atoms with Gasteiger partial charge in [0.05, 0.1) is 0 Å². The first-order chi connectivity index (χ1) is 11.7. The second-order valence-corrected chi connectivity index (χ2v) is 7.00. The molecule has 0 N–H and O–H groups in total. The van der Waals surface area contributed by atoms with Crippen LogP contribution in [0.15, 0.2) is 78.4 Å². The van der Waals surface area contributed by atoms with E-state index in [0.29, 0.717) is 0 Å². The van der Waals surface area contributed by atoms with Crippen LogP contribution >= 0.6 is 0 Å². The van der Waals surface area contributed by atoms with Gasteiger partial charge in [0.2, 0.25) is 0 Å². The maximum absolute atomic E-state index is 2.42. The molecule has 0 aliphatic heterocycles. The minimum Gasteiger partial charge on any atom is -0.0876 e. The Morgan fingerprint density at radius 2 is 1.88 bits per heavy atom. The molecule has 1 atom stereocenters. The van der Waals surface area contributed by atoms with Crippen LogP contribution < -0.4 is 0 Å². The summed E-state index contributed by atoms with van der Waals surface area (Å²) in [6, 6.07) is 15.7. The van der Waals surface area contributed by atoms with E-state index in [1.54, 1.807) is 0 Å². The third kappa shape index (κ3) is 2.29. The molecule has 120 valence electrons. The van der Waals surface area contributed by atoms with Crippen LogP contribution in [0.2, 0.25) is 0 Å². The van der Waals surface area contributed by atoms with Crippen molar-refractivity contribution in [3.63, 3.8) is 0 Å². The molecule has 0 saturated heterocycles. The van der Waals surface area contributed by atoms with E-state index in [0.717, 1.165) is 19.3 Å². The van der Waals surface area contributed by atoms with E-state index in [1.807, 2.05) is 0 Å². The minimum absolute atomic E-state index is 0.0209. The molecule has 0 spiro atoms. The van der Waals surface area contributed by atoms with Crippen LogP contribution in [-0.2, 0) is 11.8 Å². The fourth-order valence-electron chi connectivity index (χ4n) is 4.20. The zero-order valence-corrected chi connectivity index (χ0v) is 14.5. The summed E-state index contributed by atoms with van der Waals surface area (Å²) in [6.07, 6.45) is 14.7. The summed E-state index contributed by atoms with van der Waals surface area (Å²) in [7, 11) is 0. The average Bonchev–Trinajstić information content (AvgIpc) is 3.27. The molecule has 0 heteroatoms. The van der Waals surface area contributed by atoms with E-state index < -0.39 is 0 Å². The number of hydrogen-bond acceptors (Lipinski definition) is 0. The lowest BCUT2D eigenvalue weighted by Crippen LogP contribution is -2.23. The Morgan fingerprint density at radius 1 is 1.04 bits per heavy atom. The smallest absolute Gasteiger partial charge is 0.0322 e. The third-order valence-corrected chi connectivity index (χ3v) is 5.54. The zero-order valence-electron chi connectivity index (χ0n) is 14.5. The number of hydrogen-bond donors (Lipinski definition) is 0. The van der Waals surface area contributed by atoms with Crippen molar-refractivity contribution in [3.05, 3.63) is 95.1 Å². The molecule has 24 heavy (non-hydrogen) atoms. The summed E-state index contributed by atoms with van der Waals surface area (Å²) in [5, 5.41) is 0. The first kappa shape index (κ1) is 15.2. The van der Waals surface area contributed by atoms with Crippen molar-refractivity contribution >= 4 is 0 Å². The monoisotopic (exact) mass is 312 g/mol. The maximum atomic E-state index is 2.42. The van der Waals surface area contributed by atoms with Crippen molar-refractivity contribution < 1.29 is 0 Å². The van der Waals surface area contributed by atoms with Gasteiger partial charge in [-0.2, -0.15) is 0 Å². The summed E-state index contributed by atoms with van der Waals surface area (Å²) in [5.41, 5.74) is 8.75. The van der Waals surface area contributed by atoms with Gasteiger partial charge in [0, 0.05) is 5.41 Å². The molecule has 0 saturated carbocycles. The third-order valence-electron chi connectivity index (χ3n) is 5.54. The Kier molecular flexibility index (Phi) is 3.76. The summed E-state index contributed by atoms with van der Waals surface area (Å²) < 4.78 is 0. The van der Waals surface area contributed by atoms with Gasteiger partial charge in [0.15, 0.2) is 0 Å². The second-order valence-electron chi connectivity index (χ2n) is 7.00. The highest BCUT2D eigenvalue weighted by molar-refractivity contribution is 5.79. The van der Waals surface area contributed by atoms with Gasteiger partial charge in [-0.3, -0.25) is 0 Å². The molecule has 2 aromatic carbocycles. The van der Waals surface area contributed by atoms with Crippen LogP contribution in [0.4, 0.5) is 0 Å². The van der Waals surface area contributed by atoms with Crippen LogP contribution in [-0.4, -0.2) is 0 Å². The largest absolute Gasteiger partial charge is 0.0876 e. The summed E-state index contributed by atoms with van der Waals surface area (Å²) >= 11 is 0. The maximum Gasteiger partial charge on any atom is 0.0322 e. The van der Waals surface area contributed by atoms with E-state index in [9.17, 15) is 0 Å². The first-order valence-electron chi connectivity index (χ1n) is 8.98. The van der Waals surface area contributed by atoms with Gasteiger partial charge in [-0.15, -0.1) is 0 Å². The lowest BCUT2D eigenvalue weighted by Gasteiger charge is -2.31. The first-order valence-corrected chi connectivity index (χ1v) is 8.98. The Labute approximate surface area is 145 Å². The standard InChI is InChI=1S/C24H24/c1-3-4-16-24(2,19-11-6-7-12-19)23-15-9-14-21-20-13-8-5-10-18(20)17-22(21)23/h4-11,13-16H,3,12,17H2,1-2H3/b16-4+. The van der Waals surface area contributed by atoms with Crippen LogP contribution in [0.25, 0.3) is 11.1 Å². The van der Waals surface area contributed by atoms with Gasteiger partial charge in [0.25, 0.3) is 0 Å². The van der Waals surface area contributed by atoms with Crippen molar-refractivity contribution in [2.75, 3.05) is 0 Å². The van der Waals surface area contributed by atoms with Crippen molar-refractivity contribution in [3.8, 4) is 11.1 Å². The molecule has 0 amide bonds. The molecule has 2 aliphatic rings. The molecule has 0 radical (unpaired) electrons. The lowest BCUT2D eigenvalue weighted by atomic mass is 9.72. The van der Waals surface area contributed by atoms with Crippen LogP contribution in [0.3, 0.4) is 0 Å². The van der Waals surface area contributed by atoms with Crippen molar-refractivity contribution in [2.24, 2.45) is 0 Å². The Morgan fingerprint density at radius 3 is 2.67 bits per heavy atom. The summed E-state index contributed by atoms with van der Waals surface area (Å²) in [4.78, 5) is 0. The fourth-order valence-corrected chi connectivity index (χ4v) is 4.20. The van der Waals surface area contributed by atoms with Crippen LogP contribution in [0, 0.1) is 0 Å². The zero-order chi connectivity index (χ0) is 16.6. The Bertz CT molecular complexity index is 863. The molecule has 0 heterocycles. The second kappa shape index (κ2) is 5.94. The molecule has 2 aromatic rings. The van der Waals surface area contributed by atoms with Crippen molar-refractivity contribution in [2.45, 2.75) is 38.5 Å². The molecule has 0 nitrogen and oxygen atoms in total. The van der Waals surface area contributed by atoms with E-state index >= 15 is 0 Å². The number of benzene rings is 2. The highest BCUT2D eigenvalue weighted by atomic mass is 14.4. The Hall–Kier alpha value is -2.34. The van der Waals surface area contributed by atoms with Gasteiger partial charge in [-0.25, -0.2) is 0 Å².